The first-order valence-corrected chi connectivity index (χ1v) is 10.9. The molecule has 0 bridgehead atoms. The van der Waals surface area contributed by atoms with E-state index in [-0.39, 0.29) is 55.0 Å². The topological polar surface area (TPSA) is 140 Å². The highest BCUT2D eigenvalue weighted by atomic mass is 19.4. The van der Waals surface area contributed by atoms with Gasteiger partial charge in [0.2, 0.25) is 0 Å². The fraction of sp³-hybridized carbons (Fsp3) is 0.154. The number of furan rings is 2. The molecule has 2 heterocycles. The van der Waals surface area contributed by atoms with Gasteiger partial charge in [0.15, 0.2) is 11.8 Å². The number of alkyl halides is 6. The van der Waals surface area contributed by atoms with Crippen LogP contribution in [0.1, 0.15) is 23.0 Å². The predicted octanol–water partition coefficient (Wildman–Crippen LogP) is 7.54. The normalized spacial score (nSPS) is 12.1. The molecule has 0 spiro atoms. The molecule has 5 rings (SSSR count). The summed E-state index contributed by atoms with van der Waals surface area (Å²) in [5.41, 5.74) is -1.01. The average Bonchev–Trinajstić information content (AvgIpc) is 3.42. The van der Waals surface area contributed by atoms with E-state index in [0.29, 0.717) is 0 Å². The Morgan fingerprint density at radius 3 is 1.25 bits per heavy atom. The molecule has 0 aliphatic heterocycles. The van der Waals surface area contributed by atoms with E-state index < -0.39 is 36.1 Å². The van der Waals surface area contributed by atoms with Crippen molar-refractivity contribution in [3.05, 3.63) is 47.5 Å². The van der Waals surface area contributed by atoms with Gasteiger partial charge in [0.05, 0.1) is 24.3 Å². The van der Waals surface area contributed by atoms with Crippen LogP contribution in [0.5, 0.6) is 11.5 Å². The third-order valence-corrected chi connectivity index (χ3v) is 5.91. The van der Waals surface area contributed by atoms with E-state index in [0.717, 1.165) is 36.4 Å². The maximum atomic E-state index is 12.9. The van der Waals surface area contributed by atoms with Crippen molar-refractivity contribution in [1.82, 2.24) is 0 Å². The van der Waals surface area contributed by atoms with Crippen LogP contribution in [0.3, 0.4) is 0 Å². The molecule has 0 aliphatic rings. The van der Waals surface area contributed by atoms with Crippen molar-refractivity contribution in [2.75, 3.05) is 0 Å². The SMILES string of the molecule is N#CC(C#N)c1c2oc3ccc(OC(F)(F)F)cc3c2c(C(C#N)C#N)c2oc3ccc(OC(F)(F)F)cc3c12. The van der Waals surface area contributed by atoms with Gasteiger partial charge in [-0.3, -0.25) is 0 Å². The molecule has 0 N–H and O–H groups in total. The molecule has 40 heavy (non-hydrogen) atoms. The van der Waals surface area contributed by atoms with Gasteiger partial charge in [0.1, 0.15) is 33.8 Å². The first kappa shape index (κ1) is 26.0. The van der Waals surface area contributed by atoms with Gasteiger partial charge >= 0.3 is 12.7 Å². The van der Waals surface area contributed by atoms with Crippen molar-refractivity contribution >= 4 is 43.9 Å². The lowest BCUT2D eigenvalue weighted by Gasteiger charge is -2.11. The summed E-state index contributed by atoms with van der Waals surface area (Å²) in [4.78, 5) is 0. The molecule has 198 valence electrons. The average molecular weight is 554 g/mol. The largest absolute Gasteiger partial charge is 0.573 e. The summed E-state index contributed by atoms with van der Waals surface area (Å²) in [6, 6.07) is 13.0. The Morgan fingerprint density at radius 2 is 0.950 bits per heavy atom. The molecule has 0 saturated heterocycles. The maximum Gasteiger partial charge on any atom is 0.573 e. The number of hydrogen-bond donors (Lipinski definition) is 0. The standard InChI is InChI=1S/C26H8F6N4O4/c27-25(28,29)39-13-1-3-17-15(5-13)21-19(11(7-33)8-34)24-22(20(23(21)37-17)12(9-35)10-36)16-6-14(40-26(30,31)32)2-4-18(16)38-24/h1-6,11-12H. The first-order valence-electron chi connectivity index (χ1n) is 10.9. The highest BCUT2D eigenvalue weighted by Crippen LogP contribution is 2.48. The molecule has 0 radical (unpaired) electrons. The summed E-state index contributed by atoms with van der Waals surface area (Å²) < 4.78 is 97.2. The lowest BCUT2D eigenvalue weighted by atomic mass is 9.87. The van der Waals surface area contributed by atoms with Crippen molar-refractivity contribution in [3.8, 4) is 35.8 Å². The first-order chi connectivity index (χ1) is 18.9. The van der Waals surface area contributed by atoms with Crippen LogP contribution in [0.4, 0.5) is 26.3 Å². The molecule has 0 aliphatic carbocycles. The maximum absolute atomic E-state index is 12.9. The fourth-order valence-corrected chi connectivity index (χ4v) is 4.56. The Labute approximate surface area is 217 Å². The van der Waals surface area contributed by atoms with E-state index in [1.54, 1.807) is 24.3 Å². The third kappa shape index (κ3) is 4.28. The van der Waals surface area contributed by atoms with Crippen LogP contribution < -0.4 is 9.47 Å². The van der Waals surface area contributed by atoms with Gasteiger partial charge in [-0.2, -0.15) is 21.0 Å². The number of rotatable bonds is 4. The van der Waals surface area contributed by atoms with Crippen molar-refractivity contribution in [2.45, 2.75) is 24.6 Å². The van der Waals surface area contributed by atoms with E-state index in [2.05, 4.69) is 9.47 Å². The van der Waals surface area contributed by atoms with E-state index >= 15 is 0 Å². The lowest BCUT2D eigenvalue weighted by molar-refractivity contribution is -0.275. The van der Waals surface area contributed by atoms with Crippen molar-refractivity contribution in [1.29, 1.82) is 21.0 Å². The Balaban J connectivity index is 2.02. The van der Waals surface area contributed by atoms with E-state index in [1.807, 2.05) is 0 Å². The van der Waals surface area contributed by atoms with Gasteiger partial charge in [-0.25, -0.2) is 0 Å². The molecule has 2 aromatic heterocycles. The number of nitriles is 4. The predicted molar refractivity (Wildman–Crippen MR) is 122 cm³/mol. The van der Waals surface area contributed by atoms with Crippen LogP contribution >= 0.6 is 0 Å². The van der Waals surface area contributed by atoms with Crippen LogP contribution in [0, 0.1) is 45.3 Å². The summed E-state index contributed by atoms with van der Waals surface area (Å²) in [6.07, 6.45) is -10.1. The Bertz CT molecular complexity index is 1840. The van der Waals surface area contributed by atoms with Gasteiger partial charge in [0, 0.05) is 32.7 Å². The monoisotopic (exact) mass is 554 g/mol. The Hall–Kier alpha value is -5.60. The summed E-state index contributed by atoms with van der Waals surface area (Å²) in [6.45, 7) is 0. The lowest BCUT2D eigenvalue weighted by Crippen LogP contribution is -2.17. The highest BCUT2D eigenvalue weighted by Gasteiger charge is 2.35. The van der Waals surface area contributed by atoms with E-state index in [1.165, 1.54) is 0 Å². The van der Waals surface area contributed by atoms with E-state index in [9.17, 15) is 47.4 Å². The minimum atomic E-state index is -5.06. The number of nitrogens with zero attached hydrogens (tertiary/aromatic N) is 4. The van der Waals surface area contributed by atoms with Crippen LogP contribution in [0.15, 0.2) is 45.2 Å². The van der Waals surface area contributed by atoms with Crippen LogP contribution in [-0.2, 0) is 0 Å². The minimum absolute atomic E-state index is 0.0608. The highest BCUT2D eigenvalue weighted by molar-refractivity contribution is 6.20. The van der Waals surface area contributed by atoms with Gasteiger partial charge in [-0.05, 0) is 36.4 Å². The van der Waals surface area contributed by atoms with Gasteiger partial charge < -0.3 is 18.3 Å². The summed E-state index contributed by atoms with van der Waals surface area (Å²) in [7, 11) is 0. The smallest absolute Gasteiger partial charge is 0.456 e. The number of fused-ring (bicyclic) bond motifs is 6. The van der Waals surface area contributed by atoms with Crippen molar-refractivity contribution in [3.63, 3.8) is 0 Å². The number of ether oxygens (including phenoxy) is 2. The minimum Gasteiger partial charge on any atom is -0.456 e. The van der Waals surface area contributed by atoms with Gasteiger partial charge in [-0.1, -0.05) is 0 Å². The second-order valence-corrected chi connectivity index (χ2v) is 8.23. The molecule has 5 aromatic rings. The molecule has 0 amide bonds. The molecule has 14 heteroatoms. The van der Waals surface area contributed by atoms with Crippen molar-refractivity contribution in [2.24, 2.45) is 0 Å². The summed E-state index contributed by atoms with van der Waals surface area (Å²) in [5.74, 6) is -4.59. The van der Waals surface area contributed by atoms with E-state index in [4.69, 9.17) is 8.83 Å². The second kappa shape index (κ2) is 9.00. The molecule has 0 saturated carbocycles. The molecule has 3 aromatic carbocycles. The summed E-state index contributed by atoms with van der Waals surface area (Å²) in [5, 5.41) is 38.7. The van der Waals surface area contributed by atoms with Crippen LogP contribution in [0.2, 0.25) is 0 Å². The molecule has 8 nitrogen and oxygen atoms in total. The molecule has 0 atom stereocenters. The summed E-state index contributed by atoms with van der Waals surface area (Å²) >= 11 is 0. The van der Waals surface area contributed by atoms with Crippen molar-refractivity contribution < 1.29 is 44.7 Å². The molecule has 0 fully saturated rings. The Morgan fingerprint density at radius 1 is 0.600 bits per heavy atom. The van der Waals surface area contributed by atoms with Crippen LogP contribution in [-0.4, -0.2) is 12.7 Å². The zero-order chi connectivity index (χ0) is 29.0. The zero-order valence-electron chi connectivity index (χ0n) is 19.3. The molecule has 0 unspecified atom stereocenters. The number of halogens is 6. The third-order valence-electron chi connectivity index (χ3n) is 5.91. The second-order valence-electron chi connectivity index (χ2n) is 8.23. The zero-order valence-corrected chi connectivity index (χ0v) is 19.3. The Kier molecular flexibility index (Phi) is 5.86. The fourth-order valence-electron chi connectivity index (χ4n) is 4.56. The quantitative estimate of drug-likeness (QED) is 0.208. The molecular weight excluding hydrogens is 546 g/mol. The number of hydrogen-bond acceptors (Lipinski definition) is 8. The molecular formula is C26H8F6N4O4. The van der Waals surface area contributed by atoms with Gasteiger partial charge in [-0.15, -0.1) is 26.3 Å². The van der Waals surface area contributed by atoms with Gasteiger partial charge in [0.25, 0.3) is 0 Å². The van der Waals surface area contributed by atoms with Crippen LogP contribution in [0.25, 0.3) is 43.9 Å². The number of benzene rings is 3.